The van der Waals surface area contributed by atoms with Crippen molar-refractivity contribution >= 4 is 10.1 Å². The van der Waals surface area contributed by atoms with Crippen molar-refractivity contribution in [1.29, 1.82) is 0 Å². The number of benzene rings is 2. The van der Waals surface area contributed by atoms with Crippen LogP contribution in [0, 0.1) is 0 Å². The van der Waals surface area contributed by atoms with Gasteiger partial charge < -0.3 is 9.29 Å². The van der Waals surface area contributed by atoms with Crippen LogP contribution in [0.15, 0.2) is 53.4 Å². The van der Waals surface area contributed by atoms with Gasteiger partial charge in [-0.05, 0) is 42.7 Å². The molecule has 0 atom stereocenters. The standard InChI is InChI=1S/C21H28O4S.K/c1-2-3-4-5-6-7-8-12-18-13-9-10-16-21(18)25-19-14-11-15-20(17-19)26(22,23)24;/h9-11,13-17H,2-8,12H2,1H3,(H,22,23,24);/q;+1/p-1. The van der Waals surface area contributed by atoms with Gasteiger partial charge in [0, 0.05) is 0 Å². The number of hydrogen-bond acceptors (Lipinski definition) is 4. The molecule has 0 heterocycles. The van der Waals surface area contributed by atoms with Gasteiger partial charge in [-0.1, -0.05) is 69.7 Å². The largest absolute Gasteiger partial charge is 1.00 e. The second-order valence-electron chi connectivity index (χ2n) is 6.51. The van der Waals surface area contributed by atoms with Crippen LogP contribution >= 0.6 is 0 Å². The predicted molar refractivity (Wildman–Crippen MR) is 103 cm³/mol. The summed E-state index contributed by atoms with van der Waals surface area (Å²) in [5.74, 6) is 1.06. The first-order valence-corrected chi connectivity index (χ1v) is 10.7. The second-order valence-corrected chi connectivity index (χ2v) is 7.89. The molecule has 0 N–H and O–H groups in total. The Labute approximate surface area is 205 Å². The zero-order valence-corrected chi connectivity index (χ0v) is 20.3. The van der Waals surface area contributed by atoms with E-state index < -0.39 is 10.1 Å². The summed E-state index contributed by atoms with van der Waals surface area (Å²) < 4.78 is 39.3. The molecule has 0 aliphatic carbocycles. The normalized spacial score (nSPS) is 11.0. The molecule has 0 fully saturated rings. The molecule has 0 aliphatic rings. The first-order valence-electron chi connectivity index (χ1n) is 9.32. The van der Waals surface area contributed by atoms with Gasteiger partial charge in [-0.2, -0.15) is 0 Å². The van der Waals surface area contributed by atoms with E-state index in [4.69, 9.17) is 4.74 Å². The van der Waals surface area contributed by atoms with Crippen molar-refractivity contribution in [3.8, 4) is 11.5 Å². The summed E-state index contributed by atoms with van der Waals surface area (Å²) in [6.45, 7) is 2.22. The smallest absolute Gasteiger partial charge is 0.744 e. The molecular formula is C21H27KO4S. The van der Waals surface area contributed by atoms with E-state index in [-0.39, 0.29) is 56.3 Å². The van der Waals surface area contributed by atoms with Crippen LogP contribution in [0.4, 0.5) is 0 Å². The molecule has 0 unspecified atom stereocenters. The molecule has 0 saturated carbocycles. The monoisotopic (exact) mass is 414 g/mol. The Bertz CT molecular complexity index is 790. The number of para-hydroxylation sites is 1. The summed E-state index contributed by atoms with van der Waals surface area (Å²) in [5, 5.41) is 0. The van der Waals surface area contributed by atoms with Gasteiger partial charge in [-0.25, -0.2) is 8.42 Å². The van der Waals surface area contributed by atoms with Gasteiger partial charge in [0.25, 0.3) is 0 Å². The van der Waals surface area contributed by atoms with Crippen LogP contribution in [-0.4, -0.2) is 13.0 Å². The summed E-state index contributed by atoms with van der Waals surface area (Å²) in [6.07, 6.45) is 9.66. The summed E-state index contributed by atoms with van der Waals surface area (Å²) in [5.41, 5.74) is 1.09. The maximum Gasteiger partial charge on any atom is 1.00 e. The summed E-state index contributed by atoms with van der Waals surface area (Å²) in [6, 6.07) is 13.5. The number of ether oxygens (including phenoxy) is 1. The molecule has 0 spiro atoms. The molecule has 0 radical (unpaired) electrons. The molecule has 0 saturated heterocycles. The molecule has 2 rings (SSSR count). The topological polar surface area (TPSA) is 66.4 Å². The van der Waals surface area contributed by atoms with Crippen LogP contribution in [0.25, 0.3) is 0 Å². The van der Waals surface area contributed by atoms with Gasteiger partial charge in [0.05, 0.1) is 4.90 Å². The predicted octanol–water partition coefficient (Wildman–Crippen LogP) is 2.68. The van der Waals surface area contributed by atoms with Gasteiger partial charge in [-0.3, -0.25) is 0 Å². The maximum atomic E-state index is 11.2. The van der Waals surface area contributed by atoms with Crippen molar-refractivity contribution < 1.29 is 69.1 Å². The minimum Gasteiger partial charge on any atom is -0.744 e. The fourth-order valence-corrected chi connectivity index (χ4v) is 3.41. The van der Waals surface area contributed by atoms with Crippen molar-refractivity contribution in [2.45, 2.75) is 63.2 Å². The summed E-state index contributed by atoms with van der Waals surface area (Å²) >= 11 is 0. The molecule has 0 aliphatic heterocycles. The maximum absolute atomic E-state index is 11.2. The van der Waals surface area contributed by atoms with Crippen LogP contribution in [0.5, 0.6) is 11.5 Å². The van der Waals surface area contributed by atoms with Gasteiger partial charge in [0.15, 0.2) is 0 Å². The van der Waals surface area contributed by atoms with Gasteiger partial charge in [0.2, 0.25) is 0 Å². The Hall–Kier alpha value is -0.214. The van der Waals surface area contributed by atoms with Crippen molar-refractivity contribution in [1.82, 2.24) is 0 Å². The minimum atomic E-state index is -4.49. The van der Waals surface area contributed by atoms with Crippen LogP contribution in [0.1, 0.15) is 57.4 Å². The van der Waals surface area contributed by atoms with E-state index in [1.165, 1.54) is 56.7 Å². The number of aryl methyl sites for hydroxylation is 1. The van der Waals surface area contributed by atoms with E-state index in [1.807, 2.05) is 24.3 Å². The van der Waals surface area contributed by atoms with Gasteiger partial charge in [0.1, 0.15) is 21.6 Å². The molecule has 4 nitrogen and oxygen atoms in total. The molecule has 2 aromatic carbocycles. The van der Waals surface area contributed by atoms with Crippen LogP contribution < -0.4 is 56.1 Å². The minimum absolute atomic E-state index is 0. The zero-order valence-electron chi connectivity index (χ0n) is 16.3. The molecule has 6 heteroatoms. The third-order valence-electron chi connectivity index (χ3n) is 4.34. The number of unbranched alkanes of at least 4 members (excludes halogenated alkanes) is 6. The Morgan fingerprint density at radius 3 is 2.26 bits per heavy atom. The second kappa shape index (κ2) is 13.1. The molecular weight excluding hydrogens is 387 g/mol. The van der Waals surface area contributed by atoms with E-state index in [9.17, 15) is 13.0 Å². The molecule has 0 bridgehead atoms. The fourth-order valence-electron chi connectivity index (χ4n) is 2.90. The zero-order chi connectivity index (χ0) is 18.8. The Balaban J connectivity index is 0.00000364. The average molecular weight is 415 g/mol. The Kier molecular flexibility index (Phi) is 12.0. The Morgan fingerprint density at radius 2 is 1.56 bits per heavy atom. The van der Waals surface area contributed by atoms with Crippen molar-refractivity contribution in [3.05, 3.63) is 54.1 Å². The van der Waals surface area contributed by atoms with Gasteiger partial charge in [-0.15, -0.1) is 0 Å². The third-order valence-corrected chi connectivity index (χ3v) is 5.18. The first-order chi connectivity index (χ1) is 12.5. The van der Waals surface area contributed by atoms with Crippen molar-refractivity contribution in [3.63, 3.8) is 0 Å². The van der Waals surface area contributed by atoms with Crippen molar-refractivity contribution in [2.24, 2.45) is 0 Å². The molecule has 0 aromatic heterocycles. The van der Waals surface area contributed by atoms with E-state index in [0.717, 1.165) is 18.4 Å². The quantitative estimate of drug-likeness (QED) is 0.322. The Morgan fingerprint density at radius 1 is 0.889 bits per heavy atom. The third kappa shape index (κ3) is 9.22. The van der Waals surface area contributed by atoms with E-state index >= 15 is 0 Å². The van der Waals surface area contributed by atoms with Gasteiger partial charge >= 0.3 is 51.4 Å². The van der Waals surface area contributed by atoms with Crippen LogP contribution in [0.3, 0.4) is 0 Å². The molecule has 2 aromatic rings. The molecule has 0 amide bonds. The SMILES string of the molecule is CCCCCCCCCc1ccccc1Oc1cccc(S(=O)(=O)[O-])c1.[K+]. The number of hydrogen-bond donors (Lipinski definition) is 0. The fraction of sp³-hybridized carbons (Fsp3) is 0.429. The molecule has 142 valence electrons. The number of rotatable bonds is 11. The first kappa shape index (κ1) is 24.8. The molecule has 27 heavy (non-hydrogen) atoms. The van der Waals surface area contributed by atoms with Crippen LogP contribution in [0.2, 0.25) is 0 Å². The van der Waals surface area contributed by atoms with E-state index in [0.29, 0.717) is 11.5 Å². The van der Waals surface area contributed by atoms with E-state index in [1.54, 1.807) is 6.07 Å². The van der Waals surface area contributed by atoms with Crippen molar-refractivity contribution in [2.75, 3.05) is 0 Å². The summed E-state index contributed by atoms with van der Waals surface area (Å²) in [7, 11) is -4.49. The van der Waals surface area contributed by atoms with Crippen LogP contribution in [-0.2, 0) is 16.5 Å². The van der Waals surface area contributed by atoms with E-state index in [2.05, 4.69) is 6.92 Å². The summed E-state index contributed by atoms with van der Waals surface area (Å²) in [4.78, 5) is -0.278. The average Bonchev–Trinajstić information content (AvgIpc) is 2.62.